The van der Waals surface area contributed by atoms with Gasteiger partial charge in [-0.25, -0.2) is 4.79 Å². The van der Waals surface area contributed by atoms with E-state index in [0.717, 1.165) is 6.08 Å². The van der Waals surface area contributed by atoms with Gasteiger partial charge in [-0.15, -0.1) is 0 Å². The first kappa shape index (κ1) is 16.6. The number of carbonyl (C=O) groups is 1. The number of nitro benzene ring substituents is 1. The number of hydrogen-bond acceptors (Lipinski definition) is 6. The summed E-state index contributed by atoms with van der Waals surface area (Å²) in [5.74, 6) is -0.850. The third kappa shape index (κ3) is 4.87. The summed E-state index contributed by atoms with van der Waals surface area (Å²) in [6, 6.07) is 5.38. The van der Waals surface area contributed by atoms with Gasteiger partial charge >= 0.3 is 5.97 Å². The van der Waals surface area contributed by atoms with Crippen LogP contribution in [0.15, 0.2) is 23.8 Å². The Morgan fingerprint density at radius 1 is 1.52 bits per heavy atom. The molecule has 0 unspecified atom stereocenters. The van der Waals surface area contributed by atoms with Gasteiger partial charge in [0.1, 0.15) is 18.2 Å². The lowest BCUT2D eigenvalue weighted by Gasteiger charge is -2.03. The molecular weight excluding hydrogens is 300 g/mol. The van der Waals surface area contributed by atoms with E-state index < -0.39 is 10.9 Å². The number of halogens is 1. The highest BCUT2D eigenvalue weighted by atomic mass is 35.5. The molecule has 0 spiro atoms. The van der Waals surface area contributed by atoms with Crippen molar-refractivity contribution in [3.63, 3.8) is 0 Å². The van der Waals surface area contributed by atoms with Crippen molar-refractivity contribution in [2.24, 2.45) is 0 Å². The lowest BCUT2D eigenvalue weighted by atomic mass is 10.1. The summed E-state index contributed by atoms with van der Waals surface area (Å²) >= 11 is 5.88. The van der Waals surface area contributed by atoms with Crippen LogP contribution in [0, 0.1) is 21.4 Å². The van der Waals surface area contributed by atoms with Crippen molar-refractivity contribution < 1.29 is 19.2 Å². The van der Waals surface area contributed by atoms with Crippen molar-refractivity contribution in [1.29, 1.82) is 5.26 Å². The summed E-state index contributed by atoms with van der Waals surface area (Å²) in [4.78, 5) is 21.7. The van der Waals surface area contributed by atoms with Gasteiger partial charge in [0.2, 0.25) is 0 Å². The van der Waals surface area contributed by atoms with Gasteiger partial charge < -0.3 is 9.47 Å². The molecular formula is C13H11ClN2O5. The number of nitro groups is 1. The topological polar surface area (TPSA) is 102 Å². The first-order valence-corrected chi connectivity index (χ1v) is 6.09. The highest BCUT2D eigenvalue weighted by Crippen LogP contribution is 2.24. The average Bonchev–Trinajstić information content (AvgIpc) is 2.46. The van der Waals surface area contributed by atoms with Gasteiger partial charge in [0.15, 0.2) is 0 Å². The summed E-state index contributed by atoms with van der Waals surface area (Å²) in [5, 5.41) is 19.8. The van der Waals surface area contributed by atoms with Crippen LogP contribution in [0.1, 0.15) is 5.56 Å². The van der Waals surface area contributed by atoms with Gasteiger partial charge in [-0.3, -0.25) is 10.1 Å². The van der Waals surface area contributed by atoms with Crippen LogP contribution < -0.4 is 0 Å². The molecule has 1 aromatic rings. The van der Waals surface area contributed by atoms with E-state index in [1.165, 1.54) is 25.3 Å². The molecule has 0 aliphatic rings. The molecule has 0 aromatic heterocycles. The van der Waals surface area contributed by atoms with Crippen LogP contribution >= 0.6 is 11.6 Å². The highest BCUT2D eigenvalue weighted by Gasteiger charge is 2.14. The van der Waals surface area contributed by atoms with Crippen LogP contribution in [-0.2, 0) is 14.3 Å². The van der Waals surface area contributed by atoms with E-state index in [2.05, 4.69) is 0 Å². The van der Waals surface area contributed by atoms with Gasteiger partial charge in [0.25, 0.3) is 5.69 Å². The van der Waals surface area contributed by atoms with E-state index in [4.69, 9.17) is 26.3 Å². The first-order chi connectivity index (χ1) is 9.99. The van der Waals surface area contributed by atoms with Crippen molar-refractivity contribution in [2.75, 3.05) is 20.3 Å². The van der Waals surface area contributed by atoms with E-state index in [1.54, 1.807) is 6.07 Å². The first-order valence-electron chi connectivity index (χ1n) is 5.71. The van der Waals surface area contributed by atoms with E-state index in [1.807, 2.05) is 0 Å². The number of carbonyl (C=O) groups excluding carboxylic acids is 1. The molecule has 0 radical (unpaired) electrons. The second-order valence-corrected chi connectivity index (χ2v) is 4.17. The maximum absolute atomic E-state index is 11.6. The van der Waals surface area contributed by atoms with Gasteiger partial charge in [-0.1, -0.05) is 11.6 Å². The Kier molecular flexibility index (Phi) is 6.33. The summed E-state index contributed by atoms with van der Waals surface area (Å²) in [5.41, 5.74) is -0.324. The van der Waals surface area contributed by atoms with Crippen LogP contribution in [0.4, 0.5) is 5.69 Å². The Labute approximate surface area is 125 Å². The maximum Gasteiger partial charge on any atom is 0.348 e. The number of nitrogens with zero attached hydrogens (tertiary/aromatic N) is 2. The number of nitriles is 1. The Morgan fingerprint density at radius 2 is 2.24 bits per heavy atom. The largest absolute Gasteiger partial charge is 0.459 e. The number of esters is 1. The van der Waals surface area contributed by atoms with Crippen molar-refractivity contribution >= 4 is 29.3 Å². The summed E-state index contributed by atoms with van der Waals surface area (Å²) in [7, 11) is 1.44. The summed E-state index contributed by atoms with van der Waals surface area (Å²) in [6.07, 6.45) is 1.14. The fourth-order valence-corrected chi connectivity index (χ4v) is 1.52. The molecule has 0 atom stereocenters. The molecule has 0 aliphatic carbocycles. The van der Waals surface area contributed by atoms with E-state index in [-0.39, 0.29) is 35.1 Å². The number of non-ortho nitro benzene ring substituents is 1. The lowest BCUT2D eigenvalue weighted by Crippen LogP contribution is -2.11. The standard InChI is InChI=1S/C13H11ClN2O5/c1-20-4-5-21-13(17)10(8-15)6-9-7-11(16(18)19)2-3-12(9)14/h2-3,6-7H,4-5H2,1H3. The molecule has 0 amide bonds. The maximum atomic E-state index is 11.6. The number of benzene rings is 1. The molecule has 0 N–H and O–H groups in total. The van der Waals surface area contributed by atoms with Crippen molar-refractivity contribution in [3.8, 4) is 6.07 Å². The third-order valence-corrected chi connectivity index (χ3v) is 2.70. The second kappa shape index (κ2) is 7.99. The quantitative estimate of drug-likeness (QED) is 0.199. The van der Waals surface area contributed by atoms with Crippen LogP contribution in [0.3, 0.4) is 0 Å². The van der Waals surface area contributed by atoms with Gasteiger partial charge in [-0.2, -0.15) is 5.26 Å². The Bertz CT molecular complexity index is 621. The number of ether oxygens (including phenoxy) is 2. The zero-order valence-corrected chi connectivity index (χ0v) is 11.8. The molecule has 0 saturated carbocycles. The molecule has 8 heteroatoms. The fourth-order valence-electron chi connectivity index (χ4n) is 1.34. The van der Waals surface area contributed by atoms with Crippen molar-refractivity contribution in [3.05, 3.63) is 44.5 Å². The Morgan fingerprint density at radius 3 is 2.81 bits per heavy atom. The molecule has 1 aromatic carbocycles. The third-order valence-electron chi connectivity index (χ3n) is 2.35. The Balaban J connectivity index is 3.03. The molecule has 7 nitrogen and oxygen atoms in total. The van der Waals surface area contributed by atoms with Crippen LogP contribution in [-0.4, -0.2) is 31.2 Å². The monoisotopic (exact) mass is 310 g/mol. The van der Waals surface area contributed by atoms with Gasteiger partial charge in [0, 0.05) is 29.8 Å². The molecule has 21 heavy (non-hydrogen) atoms. The van der Waals surface area contributed by atoms with Crippen LogP contribution in [0.5, 0.6) is 0 Å². The molecule has 0 bridgehead atoms. The molecule has 0 heterocycles. The van der Waals surface area contributed by atoms with Crippen molar-refractivity contribution in [1.82, 2.24) is 0 Å². The van der Waals surface area contributed by atoms with Crippen molar-refractivity contribution in [2.45, 2.75) is 0 Å². The SMILES string of the molecule is COCCOC(=O)C(C#N)=Cc1cc([N+](=O)[O-])ccc1Cl. The molecule has 110 valence electrons. The van der Waals surface area contributed by atoms with E-state index >= 15 is 0 Å². The summed E-state index contributed by atoms with van der Waals surface area (Å²) < 4.78 is 9.50. The smallest absolute Gasteiger partial charge is 0.348 e. The minimum atomic E-state index is -0.850. The minimum absolute atomic E-state index is 0.00295. The second-order valence-electron chi connectivity index (χ2n) is 3.76. The van der Waals surface area contributed by atoms with Crippen LogP contribution in [0.25, 0.3) is 6.08 Å². The van der Waals surface area contributed by atoms with Crippen LogP contribution in [0.2, 0.25) is 5.02 Å². The zero-order valence-electron chi connectivity index (χ0n) is 11.0. The minimum Gasteiger partial charge on any atom is -0.459 e. The molecule has 1 rings (SSSR count). The molecule has 0 saturated heterocycles. The normalized spacial score (nSPS) is 10.8. The van der Waals surface area contributed by atoms with E-state index in [0.29, 0.717) is 0 Å². The number of hydrogen-bond donors (Lipinski definition) is 0. The number of rotatable bonds is 6. The van der Waals surface area contributed by atoms with Gasteiger partial charge in [0.05, 0.1) is 11.5 Å². The number of methoxy groups -OCH3 is 1. The predicted octanol–water partition coefficient (Wildman–Crippen LogP) is 2.34. The fraction of sp³-hybridized carbons (Fsp3) is 0.231. The molecule has 0 fully saturated rings. The summed E-state index contributed by atoms with van der Waals surface area (Å²) in [6.45, 7) is 0.193. The highest BCUT2D eigenvalue weighted by molar-refractivity contribution is 6.32. The van der Waals surface area contributed by atoms with E-state index in [9.17, 15) is 14.9 Å². The lowest BCUT2D eigenvalue weighted by molar-refractivity contribution is -0.384. The zero-order chi connectivity index (χ0) is 15.8. The van der Waals surface area contributed by atoms with Gasteiger partial charge in [-0.05, 0) is 12.1 Å². The Hall–Kier alpha value is -2.43. The predicted molar refractivity (Wildman–Crippen MR) is 74.5 cm³/mol. The molecule has 0 aliphatic heterocycles. The average molecular weight is 311 g/mol.